The van der Waals surface area contributed by atoms with Crippen LogP contribution in [0.1, 0.15) is 15.9 Å². The Morgan fingerprint density at radius 2 is 2.05 bits per heavy atom. The first-order valence-corrected chi connectivity index (χ1v) is 5.95. The molecule has 1 amide bonds. The molecule has 1 heterocycles. The minimum absolute atomic E-state index is 0.0306. The number of carbonyl (C=O) groups excluding carboxylic acids is 1. The number of rotatable bonds is 2. The van der Waals surface area contributed by atoms with Crippen LogP contribution in [0, 0.1) is 18.6 Å². The molecule has 0 bridgehead atoms. The maximum absolute atomic E-state index is 13.7. The van der Waals surface area contributed by atoms with Gasteiger partial charge in [-0.2, -0.15) is 0 Å². The van der Waals surface area contributed by atoms with Crippen molar-refractivity contribution in [2.75, 3.05) is 11.1 Å². The van der Waals surface area contributed by atoms with Crippen LogP contribution in [0.3, 0.4) is 0 Å². The Kier molecular flexibility index (Phi) is 3.85. The zero-order valence-electron chi connectivity index (χ0n) is 10.4. The summed E-state index contributed by atoms with van der Waals surface area (Å²) >= 11 is 5.83. The number of nitrogens with one attached hydrogen (secondary N) is 1. The van der Waals surface area contributed by atoms with Gasteiger partial charge in [0.1, 0.15) is 11.4 Å². The number of halogens is 3. The van der Waals surface area contributed by atoms with Crippen LogP contribution in [0.15, 0.2) is 24.4 Å². The SMILES string of the molecule is Cc1ccnc(Cl)c1NC(=O)c1c(F)ccc(N)c1F. The molecule has 1 aromatic carbocycles. The Balaban J connectivity index is 2.41. The van der Waals surface area contributed by atoms with E-state index in [1.807, 2.05) is 0 Å². The summed E-state index contributed by atoms with van der Waals surface area (Å²) in [6, 6.07) is 3.57. The molecule has 0 spiro atoms. The van der Waals surface area contributed by atoms with Gasteiger partial charge in [-0.25, -0.2) is 13.8 Å². The first-order chi connectivity index (χ1) is 9.41. The lowest BCUT2D eigenvalue weighted by Gasteiger charge is -2.11. The topological polar surface area (TPSA) is 68.0 Å². The van der Waals surface area contributed by atoms with Crippen LogP contribution < -0.4 is 11.1 Å². The molecule has 0 aliphatic carbocycles. The van der Waals surface area contributed by atoms with Crippen LogP contribution in [0.2, 0.25) is 5.15 Å². The molecule has 4 nitrogen and oxygen atoms in total. The molecule has 0 saturated heterocycles. The van der Waals surface area contributed by atoms with Crippen LogP contribution >= 0.6 is 11.6 Å². The van der Waals surface area contributed by atoms with Crippen LogP contribution in [0.25, 0.3) is 0 Å². The van der Waals surface area contributed by atoms with Crippen molar-refractivity contribution < 1.29 is 13.6 Å². The van der Waals surface area contributed by atoms with E-state index < -0.39 is 23.1 Å². The summed E-state index contributed by atoms with van der Waals surface area (Å²) in [5.41, 5.74) is 5.05. The van der Waals surface area contributed by atoms with Gasteiger partial charge in [0, 0.05) is 6.20 Å². The number of nitrogens with zero attached hydrogens (tertiary/aromatic N) is 1. The minimum atomic E-state index is -1.11. The highest BCUT2D eigenvalue weighted by molar-refractivity contribution is 6.32. The third-order valence-corrected chi connectivity index (χ3v) is 2.99. The molecule has 0 aliphatic heterocycles. The molecule has 20 heavy (non-hydrogen) atoms. The summed E-state index contributed by atoms with van der Waals surface area (Å²) in [5, 5.41) is 2.37. The van der Waals surface area contributed by atoms with Crippen molar-refractivity contribution >= 4 is 28.9 Å². The second kappa shape index (κ2) is 5.42. The highest BCUT2D eigenvalue weighted by atomic mass is 35.5. The molecule has 7 heteroatoms. The standard InChI is InChI=1S/C13H10ClF2N3O/c1-6-4-5-18-12(14)11(6)19-13(20)9-7(15)2-3-8(17)10(9)16/h2-5H,17H2,1H3,(H,19,20). The fourth-order valence-electron chi connectivity index (χ4n) is 1.63. The van der Waals surface area contributed by atoms with Gasteiger partial charge in [-0.15, -0.1) is 0 Å². The Labute approximate surface area is 118 Å². The van der Waals surface area contributed by atoms with Gasteiger partial charge in [0.25, 0.3) is 5.91 Å². The minimum Gasteiger partial charge on any atom is -0.396 e. The molecule has 0 saturated carbocycles. The zero-order valence-corrected chi connectivity index (χ0v) is 11.1. The summed E-state index contributed by atoms with van der Waals surface area (Å²) in [6.45, 7) is 1.68. The highest BCUT2D eigenvalue weighted by Gasteiger charge is 2.21. The lowest BCUT2D eigenvalue weighted by atomic mass is 10.1. The average molecular weight is 298 g/mol. The van der Waals surface area contributed by atoms with Gasteiger partial charge in [0.15, 0.2) is 11.0 Å². The van der Waals surface area contributed by atoms with E-state index in [2.05, 4.69) is 10.3 Å². The molecule has 0 unspecified atom stereocenters. The fraction of sp³-hybridized carbons (Fsp3) is 0.0769. The van der Waals surface area contributed by atoms with Crippen molar-refractivity contribution in [3.05, 3.63) is 52.3 Å². The van der Waals surface area contributed by atoms with Crippen molar-refractivity contribution in [1.82, 2.24) is 4.98 Å². The predicted octanol–water partition coefficient (Wildman–Crippen LogP) is 3.16. The Hall–Kier alpha value is -2.21. The van der Waals surface area contributed by atoms with Crippen LogP contribution in [0.4, 0.5) is 20.2 Å². The number of hydrogen-bond acceptors (Lipinski definition) is 3. The van der Waals surface area contributed by atoms with E-state index in [0.717, 1.165) is 12.1 Å². The number of nitrogens with two attached hydrogens (primary N) is 1. The molecular formula is C13H10ClF2N3O. The van der Waals surface area contributed by atoms with E-state index in [4.69, 9.17) is 17.3 Å². The first kappa shape index (κ1) is 14.2. The number of carbonyl (C=O) groups is 1. The summed E-state index contributed by atoms with van der Waals surface area (Å²) in [4.78, 5) is 15.8. The van der Waals surface area contributed by atoms with Crippen LogP contribution in [-0.2, 0) is 0 Å². The summed E-state index contributed by atoms with van der Waals surface area (Å²) in [6.07, 6.45) is 1.45. The smallest absolute Gasteiger partial charge is 0.261 e. The van der Waals surface area contributed by atoms with Crippen molar-refractivity contribution in [2.24, 2.45) is 0 Å². The normalized spacial score (nSPS) is 10.4. The predicted molar refractivity (Wildman–Crippen MR) is 72.7 cm³/mol. The van der Waals surface area contributed by atoms with Gasteiger partial charge in [0.05, 0.1) is 11.4 Å². The van der Waals surface area contributed by atoms with Crippen molar-refractivity contribution in [2.45, 2.75) is 6.92 Å². The van der Waals surface area contributed by atoms with Gasteiger partial charge < -0.3 is 11.1 Å². The molecule has 2 rings (SSSR count). The summed E-state index contributed by atoms with van der Waals surface area (Å²) < 4.78 is 27.3. The number of hydrogen-bond donors (Lipinski definition) is 2. The van der Waals surface area contributed by atoms with E-state index >= 15 is 0 Å². The maximum Gasteiger partial charge on any atom is 0.261 e. The third-order valence-electron chi connectivity index (χ3n) is 2.70. The number of nitrogen functional groups attached to an aromatic ring is 1. The third kappa shape index (κ3) is 2.55. The second-order valence-electron chi connectivity index (χ2n) is 4.07. The average Bonchev–Trinajstić information content (AvgIpc) is 2.39. The number of pyridine rings is 1. The van der Waals surface area contributed by atoms with Crippen molar-refractivity contribution in [1.29, 1.82) is 0 Å². The molecular weight excluding hydrogens is 288 g/mol. The van der Waals surface area contributed by atoms with Crippen molar-refractivity contribution in [3.8, 4) is 0 Å². The fourth-order valence-corrected chi connectivity index (χ4v) is 1.88. The Bertz CT molecular complexity index is 671. The van der Waals surface area contributed by atoms with E-state index in [1.165, 1.54) is 6.20 Å². The van der Waals surface area contributed by atoms with E-state index in [-0.39, 0.29) is 16.5 Å². The summed E-state index contributed by atoms with van der Waals surface area (Å²) in [5.74, 6) is -3.10. The number of benzene rings is 1. The molecule has 2 aromatic rings. The van der Waals surface area contributed by atoms with Gasteiger partial charge in [-0.1, -0.05) is 11.6 Å². The van der Waals surface area contributed by atoms with E-state index in [9.17, 15) is 13.6 Å². The quantitative estimate of drug-likeness (QED) is 0.661. The van der Waals surface area contributed by atoms with Gasteiger partial charge >= 0.3 is 0 Å². The largest absolute Gasteiger partial charge is 0.396 e. The summed E-state index contributed by atoms with van der Waals surface area (Å²) in [7, 11) is 0. The Morgan fingerprint density at radius 3 is 2.70 bits per heavy atom. The van der Waals surface area contributed by atoms with E-state index in [1.54, 1.807) is 13.0 Å². The molecule has 104 valence electrons. The van der Waals surface area contributed by atoms with Gasteiger partial charge in [0.2, 0.25) is 0 Å². The molecule has 3 N–H and O–H groups in total. The van der Waals surface area contributed by atoms with Crippen LogP contribution in [-0.4, -0.2) is 10.9 Å². The van der Waals surface area contributed by atoms with Gasteiger partial charge in [-0.3, -0.25) is 4.79 Å². The first-order valence-electron chi connectivity index (χ1n) is 5.57. The number of amides is 1. The molecule has 0 fully saturated rings. The molecule has 0 radical (unpaired) electrons. The van der Waals surface area contributed by atoms with Crippen LogP contribution in [0.5, 0.6) is 0 Å². The molecule has 1 aromatic heterocycles. The van der Waals surface area contributed by atoms with Gasteiger partial charge in [-0.05, 0) is 30.7 Å². The zero-order chi connectivity index (χ0) is 14.9. The van der Waals surface area contributed by atoms with E-state index in [0.29, 0.717) is 5.56 Å². The number of aromatic nitrogens is 1. The number of anilines is 2. The Morgan fingerprint density at radius 1 is 1.35 bits per heavy atom. The maximum atomic E-state index is 13.7. The molecule has 0 atom stereocenters. The second-order valence-corrected chi connectivity index (χ2v) is 4.43. The number of aryl methyl sites for hydroxylation is 1. The molecule has 0 aliphatic rings. The van der Waals surface area contributed by atoms with Crippen molar-refractivity contribution in [3.63, 3.8) is 0 Å². The highest BCUT2D eigenvalue weighted by Crippen LogP contribution is 2.25. The monoisotopic (exact) mass is 297 g/mol. The lowest BCUT2D eigenvalue weighted by Crippen LogP contribution is -2.18. The lowest BCUT2D eigenvalue weighted by molar-refractivity contribution is 0.101.